The molecule has 0 bridgehead atoms. The zero-order valence-corrected chi connectivity index (χ0v) is 18.0. The maximum atomic E-state index is 12.9. The van der Waals surface area contributed by atoms with Gasteiger partial charge in [0.1, 0.15) is 0 Å². The van der Waals surface area contributed by atoms with Crippen molar-refractivity contribution < 1.29 is 19.1 Å². The summed E-state index contributed by atoms with van der Waals surface area (Å²) in [7, 11) is 0. The maximum absolute atomic E-state index is 12.9. The first-order valence-corrected chi connectivity index (χ1v) is 10.7. The molecular weight excluding hydrogens is 394 g/mol. The molecule has 164 valence electrons. The van der Waals surface area contributed by atoms with Crippen molar-refractivity contribution in [2.45, 2.75) is 32.7 Å². The minimum Gasteiger partial charge on any atom is -0.450 e. The molecule has 0 spiro atoms. The highest BCUT2D eigenvalue weighted by Gasteiger charge is 2.28. The fraction of sp³-hybridized carbons (Fsp3) is 0.375. The van der Waals surface area contributed by atoms with Gasteiger partial charge in [-0.1, -0.05) is 42.5 Å². The lowest BCUT2D eigenvalue weighted by molar-refractivity contribution is -0.121. The van der Waals surface area contributed by atoms with Gasteiger partial charge in [0, 0.05) is 19.0 Å². The van der Waals surface area contributed by atoms with Crippen molar-refractivity contribution in [2.75, 3.05) is 25.0 Å². The van der Waals surface area contributed by atoms with Crippen molar-refractivity contribution in [3.8, 4) is 0 Å². The molecule has 7 heteroatoms. The lowest BCUT2D eigenvalue weighted by atomic mass is 9.96. The average Bonchev–Trinajstić information content (AvgIpc) is 2.80. The van der Waals surface area contributed by atoms with E-state index in [0.29, 0.717) is 43.8 Å². The fourth-order valence-electron chi connectivity index (χ4n) is 3.66. The lowest BCUT2D eigenvalue weighted by Gasteiger charge is -2.30. The number of para-hydroxylation sites is 1. The smallest absolute Gasteiger partial charge is 0.409 e. The van der Waals surface area contributed by atoms with Crippen LogP contribution in [-0.2, 0) is 9.53 Å². The maximum Gasteiger partial charge on any atom is 0.409 e. The number of ether oxygens (including phenoxy) is 1. The minimum absolute atomic E-state index is 0.139. The van der Waals surface area contributed by atoms with Crippen molar-refractivity contribution in [2.24, 2.45) is 5.92 Å². The normalized spacial score (nSPS) is 15.1. The molecule has 0 radical (unpaired) electrons. The Hall–Kier alpha value is -3.35. The van der Waals surface area contributed by atoms with Crippen LogP contribution in [0.5, 0.6) is 0 Å². The van der Waals surface area contributed by atoms with Crippen LogP contribution in [0.25, 0.3) is 0 Å². The first kappa shape index (κ1) is 22.3. The standard InChI is InChI=1S/C24H29N3O4/c1-3-31-24(30)27-15-13-19(14-16-27)22(28)26-21-12-8-7-11-20(21)23(29)25-17(2)18-9-5-4-6-10-18/h4-12,17,19H,3,13-16H2,1-2H3,(H,25,29)(H,26,28). The van der Waals surface area contributed by atoms with Gasteiger partial charge in [0.15, 0.2) is 0 Å². The van der Waals surface area contributed by atoms with Gasteiger partial charge in [-0.05, 0) is 44.4 Å². The monoisotopic (exact) mass is 423 g/mol. The molecule has 3 amide bonds. The van der Waals surface area contributed by atoms with E-state index >= 15 is 0 Å². The molecule has 0 aromatic heterocycles. The van der Waals surface area contributed by atoms with E-state index in [0.717, 1.165) is 5.56 Å². The second-order valence-electron chi connectivity index (χ2n) is 7.60. The molecule has 1 aliphatic rings. The first-order chi connectivity index (χ1) is 15.0. The van der Waals surface area contributed by atoms with Crippen LogP contribution in [0.3, 0.4) is 0 Å². The highest BCUT2D eigenvalue weighted by molar-refractivity contribution is 6.04. The quantitative estimate of drug-likeness (QED) is 0.736. The third kappa shape index (κ3) is 5.84. The van der Waals surface area contributed by atoms with Gasteiger partial charge in [0.05, 0.1) is 23.9 Å². The van der Waals surface area contributed by atoms with Gasteiger partial charge in [-0.2, -0.15) is 0 Å². The van der Waals surface area contributed by atoms with Gasteiger partial charge in [-0.3, -0.25) is 9.59 Å². The molecule has 1 aliphatic heterocycles. The van der Waals surface area contributed by atoms with Crippen LogP contribution in [0.1, 0.15) is 48.7 Å². The number of hydrogen-bond donors (Lipinski definition) is 2. The molecule has 2 aromatic carbocycles. The third-order valence-corrected chi connectivity index (χ3v) is 5.47. The highest BCUT2D eigenvalue weighted by Crippen LogP contribution is 2.22. The van der Waals surface area contributed by atoms with Gasteiger partial charge in [0.2, 0.25) is 5.91 Å². The Morgan fingerprint density at radius 1 is 1.03 bits per heavy atom. The summed E-state index contributed by atoms with van der Waals surface area (Å²) in [5.41, 5.74) is 1.91. The summed E-state index contributed by atoms with van der Waals surface area (Å²) in [6, 6.07) is 16.5. The first-order valence-electron chi connectivity index (χ1n) is 10.7. The summed E-state index contributed by atoms with van der Waals surface area (Å²) in [4.78, 5) is 39.1. The van der Waals surface area contributed by atoms with Crippen LogP contribution in [-0.4, -0.2) is 42.5 Å². The largest absolute Gasteiger partial charge is 0.450 e. The van der Waals surface area contributed by atoms with Crippen LogP contribution in [0, 0.1) is 5.92 Å². The van der Waals surface area contributed by atoms with Crippen molar-refractivity contribution in [3.05, 3.63) is 65.7 Å². The van der Waals surface area contributed by atoms with Crippen molar-refractivity contribution in [1.29, 1.82) is 0 Å². The fourth-order valence-corrected chi connectivity index (χ4v) is 3.66. The molecule has 1 atom stereocenters. The molecule has 0 saturated carbocycles. The number of carbonyl (C=O) groups excluding carboxylic acids is 3. The zero-order chi connectivity index (χ0) is 22.2. The number of anilines is 1. The summed E-state index contributed by atoms with van der Waals surface area (Å²) in [6.45, 7) is 4.99. The number of hydrogen-bond acceptors (Lipinski definition) is 4. The van der Waals surface area contributed by atoms with Crippen LogP contribution in [0.2, 0.25) is 0 Å². The van der Waals surface area contributed by atoms with E-state index in [-0.39, 0.29) is 29.9 Å². The summed E-state index contributed by atoms with van der Waals surface area (Å²) < 4.78 is 5.02. The lowest BCUT2D eigenvalue weighted by Crippen LogP contribution is -2.41. The molecule has 1 saturated heterocycles. The van der Waals surface area contributed by atoms with E-state index in [1.54, 1.807) is 36.1 Å². The van der Waals surface area contributed by atoms with E-state index in [1.807, 2.05) is 37.3 Å². The summed E-state index contributed by atoms with van der Waals surface area (Å²) in [5.74, 6) is -0.603. The Morgan fingerprint density at radius 3 is 2.35 bits per heavy atom. The Bertz CT molecular complexity index is 908. The van der Waals surface area contributed by atoms with Crippen LogP contribution in [0.15, 0.2) is 54.6 Å². The number of rotatable bonds is 6. The summed E-state index contributed by atoms with van der Waals surface area (Å²) in [6.07, 6.45) is 0.782. The molecule has 2 aromatic rings. The number of amides is 3. The minimum atomic E-state index is -0.337. The molecule has 2 N–H and O–H groups in total. The van der Waals surface area contributed by atoms with E-state index in [9.17, 15) is 14.4 Å². The van der Waals surface area contributed by atoms with Gasteiger partial charge < -0.3 is 20.3 Å². The molecule has 1 fully saturated rings. The van der Waals surface area contributed by atoms with Crippen LogP contribution < -0.4 is 10.6 Å². The van der Waals surface area contributed by atoms with E-state index in [1.165, 1.54) is 0 Å². The molecule has 0 aliphatic carbocycles. The van der Waals surface area contributed by atoms with Crippen molar-refractivity contribution in [1.82, 2.24) is 10.2 Å². The Labute approximate surface area is 182 Å². The molecule has 7 nitrogen and oxygen atoms in total. The summed E-state index contributed by atoms with van der Waals surface area (Å²) >= 11 is 0. The summed E-state index contributed by atoms with van der Waals surface area (Å²) in [5, 5.41) is 5.90. The number of carbonyl (C=O) groups is 3. The number of likely N-dealkylation sites (tertiary alicyclic amines) is 1. The van der Waals surface area contributed by atoms with Crippen molar-refractivity contribution >= 4 is 23.6 Å². The van der Waals surface area contributed by atoms with Gasteiger partial charge in [-0.25, -0.2) is 4.79 Å². The number of nitrogens with zero attached hydrogens (tertiary/aromatic N) is 1. The van der Waals surface area contributed by atoms with Gasteiger partial charge in [-0.15, -0.1) is 0 Å². The van der Waals surface area contributed by atoms with Crippen LogP contribution in [0.4, 0.5) is 10.5 Å². The number of nitrogens with one attached hydrogen (secondary N) is 2. The SMILES string of the molecule is CCOC(=O)N1CCC(C(=O)Nc2ccccc2C(=O)NC(C)c2ccccc2)CC1. The Kier molecular flexibility index (Phi) is 7.65. The van der Waals surface area contributed by atoms with Crippen molar-refractivity contribution in [3.63, 3.8) is 0 Å². The highest BCUT2D eigenvalue weighted by atomic mass is 16.6. The molecular formula is C24H29N3O4. The zero-order valence-electron chi connectivity index (χ0n) is 18.0. The Morgan fingerprint density at radius 2 is 1.68 bits per heavy atom. The average molecular weight is 424 g/mol. The third-order valence-electron chi connectivity index (χ3n) is 5.47. The van der Waals surface area contributed by atoms with Gasteiger partial charge in [0.25, 0.3) is 5.91 Å². The molecule has 1 heterocycles. The second-order valence-corrected chi connectivity index (χ2v) is 7.60. The molecule has 31 heavy (non-hydrogen) atoms. The number of benzene rings is 2. The van der Waals surface area contributed by atoms with E-state index in [4.69, 9.17) is 4.74 Å². The predicted molar refractivity (Wildman–Crippen MR) is 119 cm³/mol. The van der Waals surface area contributed by atoms with Gasteiger partial charge >= 0.3 is 6.09 Å². The predicted octanol–water partition coefficient (Wildman–Crippen LogP) is 3.98. The molecule has 1 unspecified atom stereocenters. The van der Waals surface area contributed by atoms with Crippen LogP contribution >= 0.6 is 0 Å². The van der Waals surface area contributed by atoms with E-state index in [2.05, 4.69) is 10.6 Å². The number of piperidine rings is 1. The van der Waals surface area contributed by atoms with E-state index < -0.39 is 0 Å². The molecule has 3 rings (SSSR count). The Balaban J connectivity index is 1.61. The second kappa shape index (κ2) is 10.6. The topological polar surface area (TPSA) is 87.7 Å².